The van der Waals surface area contributed by atoms with Crippen LogP contribution in [0.5, 0.6) is 11.5 Å². The van der Waals surface area contributed by atoms with Gasteiger partial charge in [-0.3, -0.25) is 0 Å². The van der Waals surface area contributed by atoms with Crippen LogP contribution in [0.3, 0.4) is 0 Å². The van der Waals surface area contributed by atoms with Crippen molar-refractivity contribution in [2.24, 2.45) is 0 Å². The number of aromatic nitrogens is 2. The van der Waals surface area contributed by atoms with Crippen molar-refractivity contribution in [2.75, 3.05) is 9.80 Å². The Balaban J connectivity index is 1.32. The second-order valence-corrected chi connectivity index (χ2v) is 14.2. The fourth-order valence-electron chi connectivity index (χ4n) is 9.71. The minimum Gasteiger partial charge on any atom is -0.456 e. The first-order valence-electron chi connectivity index (χ1n) is 17.0. The van der Waals surface area contributed by atoms with Crippen molar-refractivity contribution in [1.82, 2.24) is 0 Å². The molecule has 1 atom stereocenters. The van der Waals surface area contributed by atoms with Crippen LogP contribution in [0.1, 0.15) is 36.1 Å². The van der Waals surface area contributed by atoms with E-state index in [1.54, 1.807) is 0 Å². The lowest BCUT2D eigenvalue weighted by molar-refractivity contribution is -0.962. The average Bonchev–Trinajstić information content (AvgIpc) is 3.27. The van der Waals surface area contributed by atoms with E-state index in [1.165, 1.54) is 44.9 Å². The largest absolute Gasteiger partial charge is 0.456 e. The van der Waals surface area contributed by atoms with Crippen molar-refractivity contribution in [3.63, 3.8) is 0 Å². The summed E-state index contributed by atoms with van der Waals surface area (Å²) in [7, 11) is 0. The summed E-state index contributed by atoms with van der Waals surface area (Å²) < 4.78 is 12.1. The van der Waals surface area contributed by atoms with Gasteiger partial charge >= 0.3 is 5.66 Å². The molecular weight excluding hydrogens is 601 g/mol. The molecule has 12 rings (SSSR count). The molecule has 230 valence electrons. The zero-order chi connectivity index (χ0) is 32.2. The highest BCUT2D eigenvalue weighted by Gasteiger charge is 2.68. The standard InChI is InChI=1S/C44H30N4O/c1-43(2)31-17-6-8-20-34(31)48-36-22-10-24-38-40(36)44(46-26-12-18-32(43)42(46)48)39-35(21-9-23-37(39)49-38)47-33-19-7-5-15-29(33)27-13-3-4-14-28(27)30-16-11-25-45(44)41(30)47/h3-26H,1-2H3/q+2. The quantitative estimate of drug-likeness (QED) is 0.156. The van der Waals surface area contributed by atoms with E-state index < -0.39 is 5.66 Å². The molecule has 5 heteroatoms. The first-order chi connectivity index (χ1) is 24.1. The zero-order valence-corrected chi connectivity index (χ0v) is 27.1. The van der Waals surface area contributed by atoms with Gasteiger partial charge in [-0.15, -0.1) is 0 Å². The summed E-state index contributed by atoms with van der Waals surface area (Å²) in [5, 5.41) is 0. The molecule has 5 nitrogen and oxygen atoms in total. The van der Waals surface area contributed by atoms with Gasteiger partial charge in [-0.2, -0.15) is 18.9 Å². The van der Waals surface area contributed by atoms with Crippen molar-refractivity contribution >= 4 is 34.4 Å². The molecule has 0 bridgehead atoms. The normalized spacial score (nSPS) is 18.3. The molecule has 0 amide bonds. The monoisotopic (exact) mass is 630 g/mol. The molecule has 1 spiro atoms. The molecule has 7 aromatic rings. The molecule has 0 radical (unpaired) electrons. The molecule has 5 aliphatic heterocycles. The second kappa shape index (κ2) is 8.44. The van der Waals surface area contributed by atoms with E-state index in [-0.39, 0.29) is 5.41 Å². The van der Waals surface area contributed by atoms with E-state index in [9.17, 15) is 0 Å². The SMILES string of the molecule is CC1(C)c2ccccc2N2c3cccc4c3C3(c5c(cccc5N5c6ccccc6-c6ccccc6-c6ccc[n+]3c65)O4)[n+]3cccc1c32. The van der Waals surface area contributed by atoms with E-state index >= 15 is 0 Å². The van der Waals surface area contributed by atoms with Crippen LogP contribution in [0.25, 0.3) is 22.3 Å². The third-order valence-corrected chi connectivity index (χ3v) is 11.6. The molecule has 2 aromatic heterocycles. The van der Waals surface area contributed by atoms with E-state index in [0.717, 1.165) is 45.5 Å². The van der Waals surface area contributed by atoms with Gasteiger partial charge in [-0.1, -0.05) is 86.6 Å². The Morgan fingerprint density at radius 2 is 0.959 bits per heavy atom. The fraction of sp³-hybridized carbons (Fsp3) is 0.0909. The van der Waals surface area contributed by atoms with E-state index in [1.807, 2.05) is 0 Å². The number of fused-ring (bicyclic) bond motifs is 9. The van der Waals surface area contributed by atoms with Crippen LogP contribution in [-0.2, 0) is 11.1 Å². The highest BCUT2D eigenvalue weighted by Crippen LogP contribution is 2.63. The summed E-state index contributed by atoms with van der Waals surface area (Å²) in [4.78, 5) is 4.96. The van der Waals surface area contributed by atoms with Gasteiger partial charge in [0.2, 0.25) is 0 Å². The third-order valence-electron chi connectivity index (χ3n) is 11.6. The highest BCUT2D eigenvalue weighted by molar-refractivity contribution is 6.02. The minimum atomic E-state index is -0.781. The first-order valence-corrected chi connectivity index (χ1v) is 17.0. The van der Waals surface area contributed by atoms with Gasteiger partial charge in [0, 0.05) is 16.5 Å². The summed E-state index contributed by atoms with van der Waals surface area (Å²) in [5.74, 6) is 4.08. The van der Waals surface area contributed by atoms with Crippen LogP contribution in [0, 0.1) is 0 Å². The maximum absolute atomic E-state index is 7.01. The highest BCUT2D eigenvalue weighted by atomic mass is 16.5. The Labute approximate surface area is 284 Å². The maximum atomic E-state index is 7.01. The van der Waals surface area contributed by atoms with Crippen molar-refractivity contribution in [1.29, 1.82) is 0 Å². The number of rotatable bonds is 0. The summed E-state index contributed by atoms with van der Waals surface area (Å²) in [5.41, 5.74) is 13.4. The molecule has 7 heterocycles. The Morgan fingerprint density at radius 1 is 0.449 bits per heavy atom. The third kappa shape index (κ3) is 2.76. The van der Waals surface area contributed by atoms with Crippen LogP contribution in [0.4, 0.5) is 34.4 Å². The number of benzene rings is 5. The Bertz CT molecular complexity index is 2660. The minimum absolute atomic E-state index is 0.221. The van der Waals surface area contributed by atoms with E-state index in [4.69, 9.17) is 4.74 Å². The van der Waals surface area contributed by atoms with E-state index in [0.29, 0.717) is 0 Å². The van der Waals surface area contributed by atoms with E-state index in [2.05, 4.69) is 179 Å². The molecule has 1 unspecified atom stereocenters. The Hall–Kier alpha value is -6.20. The zero-order valence-electron chi connectivity index (χ0n) is 27.1. The smallest absolute Gasteiger partial charge is 0.321 e. The second-order valence-electron chi connectivity index (χ2n) is 14.2. The predicted molar refractivity (Wildman–Crippen MR) is 191 cm³/mol. The number of hydrogen-bond acceptors (Lipinski definition) is 3. The summed E-state index contributed by atoms with van der Waals surface area (Å²) in [6.45, 7) is 4.73. The lowest BCUT2D eigenvalue weighted by atomic mass is 9.72. The number of ether oxygens (including phenoxy) is 1. The van der Waals surface area contributed by atoms with Crippen LogP contribution < -0.4 is 23.7 Å². The van der Waals surface area contributed by atoms with Gasteiger partial charge < -0.3 is 4.74 Å². The van der Waals surface area contributed by atoms with Gasteiger partial charge in [-0.05, 0) is 71.8 Å². The van der Waals surface area contributed by atoms with Crippen LogP contribution in [0.2, 0.25) is 0 Å². The van der Waals surface area contributed by atoms with Crippen molar-refractivity contribution in [3.8, 4) is 33.8 Å². The number of pyridine rings is 2. The van der Waals surface area contributed by atoms with Gasteiger partial charge in [-0.25, -0.2) is 0 Å². The molecule has 0 fully saturated rings. The summed E-state index contributed by atoms with van der Waals surface area (Å²) >= 11 is 0. The van der Waals surface area contributed by atoms with Crippen molar-refractivity contribution < 1.29 is 13.9 Å². The topological polar surface area (TPSA) is 23.5 Å². The molecule has 0 saturated carbocycles. The number of nitrogens with zero attached hydrogens (tertiary/aromatic N) is 4. The molecule has 5 aliphatic rings. The molecule has 0 saturated heterocycles. The molecular formula is C44H30N4O+2. The molecule has 49 heavy (non-hydrogen) atoms. The number of hydrogen-bond donors (Lipinski definition) is 0. The van der Waals surface area contributed by atoms with Crippen LogP contribution in [0.15, 0.2) is 146 Å². The number of anilines is 6. The van der Waals surface area contributed by atoms with Crippen molar-refractivity contribution in [3.05, 3.63) is 168 Å². The predicted octanol–water partition coefficient (Wildman–Crippen LogP) is 9.52. The van der Waals surface area contributed by atoms with Gasteiger partial charge in [0.15, 0.2) is 0 Å². The molecule has 0 aliphatic carbocycles. The van der Waals surface area contributed by atoms with Crippen molar-refractivity contribution in [2.45, 2.75) is 24.9 Å². The lowest BCUT2D eigenvalue weighted by Gasteiger charge is -2.48. The number of para-hydroxylation sites is 2. The van der Waals surface area contributed by atoms with Gasteiger partial charge in [0.1, 0.15) is 45.4 Å². The molecule has 0 N–H and O–H groups in total. The fourth-order valence-corrected chi connectivity index (χ4v) is 9.71. The Morgan fingerprint density at radius 3 is 1.69 bits per heavy atom. The van der Waals surface area contributed by atoms with Gasteiger partial charge in [0.25, 0.3) is 11.6 Å². The Kier molecular flexibility index (Phi) is 4.45. The summed E-state index contributed by atoms with van der Waals surface area (Å²) in [6, 6.07) is 48.8. The average molecular weight is 631 g/mol. The maximum Gasteiger partial charge on any atom is 0.321 e. The van der Waals surface area contributed by atoms with Crippen LogP contribution in [-0.4, -0.2) is 0 Å². The van der Waals surface area contributed by atoms with Gasteiger partial charge in [0.05, 0.1) is 23.5 Å². The molecule has 5 aromatic carbocycles. The first kappa shape index (κ1) is 25.8. The summed E-state index contributed by atoms with van der Waals surface area (Å²) in [6.07, 6.45) is 4.58. The lowest BCUT2D eigenvalue weighted by Crippen LogP contribution is -2.79. The van der Waals surface area contributed by atoms with Crippen LogP contribution >= 0.6 is 0 Å².